The first-order chi connectivity index (χ1) is 35.0. The van der Waals surface area contributed by atoms with E-state index >= 15 is 0 Å². The Balaban J connectivity index is 4.26. The van der Waals surface area contributed by atoms with Gasteiger partial charge in [-0.05, 0) is 77.0 Å². The Bertz CT molecular complexity index is 1190. The van der Waals surface area contributed by atoms with Crippen LogP contribution in [0.15, 0.2) is 36.5 Å². The summed E-state index contributed by atoms with van der Waals surface area (Å²) in [4.78, 5) is 38.2. The van der Waals surface area contributed by atoms with Crippen LogP contribution in [0.5, 0.6) is 0 Å². The second-order valence-corrected chi connectivity index (χ2v) is 21.3. The maximum Gasteiger partial charge on any atom is 0.306 e. The van der Waals surface area contributed by atoms with E-state index < -0.39 is 6.10 Å². The number of unbranched alkanes of at least 4 members (excludes halogenated alkanes) is 41. The highest BCUT2D eigenvalue weighted by atomic mass is 16.6. The van der Waals surface area contributed by atoms with Gasteiger partial charge in [0.1, 0.15) is 13.2 Å². The van der Waals surface area contributed by atoms with Crippen molar-refractivity contribution in [2.75, 3.05) is 13.2 Å². The molecule has 0 aromatic carbocycles. The third-order valence-corrected chi connectivity index (χ3v) is 14.1. The lowest BCUT2D eigenvalue weighted by atomic mass is 10.0. The zero-order valence-corrected chi connectivity index (χ0v) is 47.8. The molecule has 1 atom stereocenters. The quantitative estimate of drug-likeness (QED) is 0.0261. The highest BCUT2D eigenvalue weighted by Gasteiger charge is 2.19. The van der Waals surface area contributed by atoms with E-state index in [0.717, 1.165) is 70.6 Å². The zero-order valence-electron chi connectivity index (χ0n) is 47.8. The molecular weight excluding hydrogens is 877 g/mol. The fraction of sp³-hybridized carbons (Fsp3) is 0.862. The highest BCUT2D eigenvalue weighted by molar-refractivity contribution is 5.71. The van der Waals surface area contributed by atoms with Crippen molar-refractivity contribution < 1.29 is 28.6 Å². The lowest BCUT2D eigenvalue weighted by Gasteiger charge is -2.18. The molecule has 1 unspecified atom stereocenters. The van der Waals surface area contributed by atoms with Gasteiger partial charge in [-0.2, -0.15) is 0 Å². The number of allylic oxidation sites excluding steroid dienone is 6. The van der Waals surface area contributed by atoms with Crippen LogP contribution in [0.25, 0.3) is 0 Å². The van der Waals surface area contributed by atoms with E-state index in [1.165, 1.54) is 231 Å². The summed E-state index contributed by atoms with van der Waals surface area (Å²) >= 11 is 0. The van der Waals surface area contributed by atoms with E-state index in [0.29, 0.717) is 19.3 Å². The predicted octanol–water partition coefficient (Wildman–Crippen LogP) is 21.2. The first-order valence-electron chi connectivity index (χ1n) is 31.5. The van der Waals surface area contributed by atoms with Gasteiger partial charge in [-0.3, -0.25) is 14.4 Å². The molecule has 0 aromatic rings. The zero-order chi connectivity index (χ0) is 51.4. The van der Waals surface area contributed by atoms with Crippen molar-refractivity contribution in [1.29, 1.82) is 0 Å². The molecule has 0 aliphatic heterocycles. The molecule has 0 heterocycles. The van der Waals surface area contributed by atoms with E-state index in [1.54, 1.807) is 0 Å². The molecule has 0 rings (SSSR count). The van der Waals surface area contributed by atoms with Crippen LogP contribution >= 0.6 is 0 Å². The van der Waals surface area contributed by atoms with Gasteiger partial charge in [-0.15, -0.1) is 0 Å². The van der Waals surface area contributed by atoms with Crippen LogP contribution in [0, 0.1) is 0 Å². The predicted molar refractivity (Wildman–Crippen MR) is 307 cm³/mol. The van der Waals surface area contributed by atoms with E-state index in [-0.39, 0.29) is 31.1 Å². The molecule has 0 bridgehead atoms. The molecule has 0 saturated heterocycles. The number of hydrogen-bond acceptors (Lipinski definition) is 6. The number of esters is 3. The number of hydrogen-bond donors (Lipinski definition) is 0. The summed E-state index contributed by atoms with van der Waals surface area (Å²) in [5.41, 5.74) is 0. The summed E-state index contributed by atoms with van der Waals surface area (Å²) in [6.07, 6.45) is 72.9. The molecule has 6 heteroatoms. The standard InChI is InChI=1S/C65H120O6/c1-4-7-10-13-16-19-22-25-27-29-31-32-33-34-35-37-38-40-43-46-49-52-55-58-64(67)70-61-62(60-69-63(66)57-54-51-48-45-42-24-21-18-15-12-9-6-3)71-65(68)59-56-53-50-47-44-41-39-36-30-28-26-23-20-17-14-11-8-5-2/h18,21-22,25,29,31,62H,4-17,19-20,23-24,26-28,30,32-61H2,1-3H3/b21-18-,25-22-,31-29-. The third-order valence-electron chi connectivity index (χ3n) is 14.1. The largest absolute Gasteiger partial charge is 0.462 e. The summed E-state index contributed by atoms with van der Waals surface area (Å²) < 4.78 is 16.9. The summed E-state index contributed by atoms with van der Waals surface area (Å²) in [5, 5.41) is 0. The summed E-state index contributed by atoms with van der Waals surface area (Å²) in [5.74, 6) is -0.861. The van der Waals surface area contributed by atoms with Crippen molar-refractivity contribution in [2.45, 2.75) is 348 Å². The Hall–Kier alpha value is -2.37. The van der Waals surface area contributed by atoms with Gasteiger partial charge in [0.2, 0.25) is 0 Å². The Morgan fingerprint density at radius 2 is 0.507 bits per heavy atom. The topological polar surface area (TPSA) is 78.9 Å². The second-order valence-electron chi connectivity index (χ2n) is 21.3. The molecule has 0 saturated carbocycles. The van der Waals surface area contributed by atoms with Gasteiger partial charge in [0.25, 0.3) is 0 Å². The SMILES string of the molecule is CCCCC/C=C\CCCCCCCC(=O)OCC(COC(=O)CCCCCCCCCCCCC/C=C\C/C=C\CCCCCCC)OC(=O)CCCCCCCCCCCCCCCCCCCC. The first-order valence-corrected chi connectivity index (χ1v) is 31.5. The number of carbonyl (C=O) groups is 3. The fourth-order valence-electron chi connectivity index (χ4n) is 9.35. The van der Waals surface area contributed by atoms with Gasteiger partial charge in [-0.25, -0.2) is 0 Å². The van der Waals surface area contributed by atoms with Gasteiger partial charge < -0.3 is 14.2 Å². The maximum absolute atomic E-state index is 12.9. The smallest absolute Gasteiger partial charge is 0.306 e. The normalized spacial score (nSPS) is 12.2. The van der Waals surface area contributed by atoms with Crippen molar-refractivity contribution in [3.05, 3.63) is 36.5 Å². The Kier molecular flexibility index (Phi) is 58.2. The van der Waals surface area contributed by atoms with E-state index in [4.69, 9.17) is 14.2 Å². The molecule has 0 N–H and O–H groups in total. The number of ether oxygens (including phenoxy) is 3. The highest BCUT2D eigenvalue weighted by Crippen LogP contribution is 2.17. The third kappa shape index (κ3) is 58.4. The van der Waals surface area contributed by atoms with Gasteiger partial charge in [-0.1, -0.05) is 282 Å². The molecule has 0 fully saturated rings. The average molecular weight is 998 g/mol. The van der Waals surface area contributed by atoms with Crippen molar-refractivity contribution in [2.24, 2.45) is 0 Å². The van der Waals surface area contributed by atoms with Crippen molar-refractivity contribution in [1.82, 2.24) is 0 Å². The van der Waals surface area contributed by atoms with Crippen LogP contribution in [0.1, 0.15) is 342 Å². The summed E-state index contributed by atoms with van der Waals surface area (Å²) in [6, 6.07) is 0. The Morgan fingerprint density at radius 1 is 0.282 bits per heavy atom. The van der Waals surface area contributed by atoms with Gasteiger partial charge in [0, 0.05) is 19.3 Å². The molecule has 6 nitrogen and oxygen atoms in total. The lowest BCUT2D eigenvalue weighted by molar-refractivity contribution is -0.167. The molecular formula is C65H120O6. The van der Waals surface area contributed by atoms with Crippen LogP contribution < -0.4 is 0 Å². The van der Waals surface area contributed by atoms with Gasteiger partial charge >= 0.3 is 17.9 Å². The molecule has 0 spiro atoms. The van der Waals surface area contributed by atoms with E-state index in [2.05, 4.69) is 57.2 Å². The average Bonchev–Trinajstić information content (AvgIpc) is 3.37. The van der Waals surface area contributed by atoms with Crippen LogP contribution in [0.2, 0.25) is 0 Å². The summed E-state index contributed by atoms with van der Waals surface area (Å²) in [7, 11) is 0. The van der Waals surface area contributed by atoms with Crippen LogP contribution in [0.3, 0.4) is 0 Å². The minimum Gasteiger partial charge on any atom is -0.462 e. The lowest BCUT2D eigenvalue weighted by Crippen LogP contribution is -2.30. The second kappa shape index (κ2) is 60.2. The monoisotopic (exact) mass is 997 g/mol. The van der Waals surface area contributed by atoms with Crippen LogP contribution in [-0.4, -0.2) is 37.2 Å². The van der Waals surface area contributed by atoms with Crippen molar-refractivity contribution in [3.8, 4) is 0 Å². The minimum absolute atomic E-state index is 0.0717. The molecule has 0 aromatic heterocycles. The Morgan fingerprint density at radius 3 is 0.817 bits per heavy atom. The van der Waals surface area contributed by atoms with E-state index in [9.17, 15) is 14.4 Å². The number of carbonyl (C=O) groups excluding carboxylic acids is 3. The molecule has 0 aliphatic rings. The minimum atomic E-state index is -0.773. The maximum atomic E-state index is 12.9. The van der Waals surface area contributed by atoms with Crippen molar-refractivity contribution in [3.63, 3.8) is 0 Å². The van der Waals surface area contributed by atoms with Crippen molar-refractivity contribution >= 4 is 17.9 Å². The molecule has 71 heavy (non-hydrogen) atoms. The van der Waals surface area contributed by atoms with Gasteiger partial charge in [0.05, 0.1) is 0 Å². The molecule has 0 radical (unpaired) electrons. The molecule has 416 valence electrons. The fourth-order valence-corrected chi connectivity index (χ4v) is 9.35. The van der Waals surface area contributed by atoms with E-state index in [1.807, 2.05) is 0 Å². The molecule has 0 amide bonds. The number of rotatable bonds is 58. The molecule has 0 aliphatic carbocycles. The summed E-state index contributed by atoms with van der Waals surface area (Å²) in [6.45, 7) is 6.65. The first kappa shape index (κ1) is 68.6. The Labute approximate surface area is 442 Å². The van der Waals surface area contributed by atoms with Crippen LogP contribution in [-0.2, 0) is 28.6 Å². The van der Waals surface area contributed by atoms with Gasteiger partial charge in [0.15, 0.2) is 6.10 Å². The van der Waals surface area contributed by atoms with Crippen LogP contribution in [0.4, 0.5) is 0 Å².